The molecule has 3 aliphatic rings. The minimum Gasteiger partial charge on any atom is -0.508 e. The summed E-state index contributed by atoms with van der Waals surface area (Å²) >= 11 is 0. The third-order valence-corrected chi connectivity index (χ3v) is 18.9. The highest BCUT2D eigenvalue weighted by atomic mass is 33.1. The van der Waals surface area contributed by atoms with Crippen LogP contribution in [0.5, 0.6) is 11.5 Å². The van der Waals surface area contributed by atoms with Crippen molar-refractivity contribution in [3.05, 3.63) is 95.6 Å². The van der Waals surface area contributed by atoms with E-state index in [9.17, 15) is 58.2 Å². The van der Waals surface area contributed by atoms with Gasteiger partial charge in [-0.1, -0.05) is 95.4 Å². The second-order valence-electron chi connectivity index (χ2n) is 22.3. The molecule has 29 heteroatoms. The van der Waals surface area contributed by atoms with Crippen molar-refractivity contribution in [2.75, 3.05) is 25.9 Å². The first-order chi connectivity index (χ1) is 41.9. The van der Waals surface area contributed by atoms with Gasteiger partial charge in [-0.3, -0.25) is 57.7 Å². The van der Waals surface area contributed by atoms with Crippen LogP contribution in [0.15, 0.2) is 83.9 Å². The Morgan fingerprint density at radius 1 is 0.693 bits per heavy atom. The van der Waals surface area contributed by atoms with Crippen LogP contribution in [0.25, 0.3) is 0 Å². The van der Waals surface area contributed by atoms with Crippen LogP contribution < -0.4 is 60.6 Å². The van der Waals surface area contributed by atoms with E-state index in [1.807, 2.05) is 0 Å². The quantitative estimate of drug-likeness (QED) is 0.0264. The van der Waals surface area contributed by atoms with Crippen molar-refractivity contribution in [1.82, 2.24) is 41.7 Å². The van der Waals surface area contributed by atoms with E-state index < -0.39 is 137 Å². The predicted molar refractivity (Wildman–Crippen MR) is 328 cm³/mol. The Balaban J connectivity index is 1.35. The number of hydrogen-bond donors (Lipinski definition) is 13. The summed E-state index contributed by atoms with van der Waals surface area (Å²) < 4.78 is -0.783. The number of rotatable bonds is 21. The topological polar surface area (TPSA) is 449 Å². The summed E-state index contributed by atoms with van der Waals surface area (Å²) in [4.78, 5) is 161. The van der Waals surface area contributed by atoms with Gasteiger partial charge in [0.15, 0.2) is 5.96 Å². The van der Waals surface area contributed by atoms with Gasteiger partial charge in [-0.05, 0) is 85.9 Å². The first-order valence-electron chi connectivity index (χ1n) is 29.1. The lowest BCUT2D eigenvalue weighted by molar-refractivity contribution is -0.142. The van der Waals surface area contributed by atoms with Gasteiger partial charge in [-0.15, -0.1) is 0 Å². The lowest BCUT2D eigenvalue weighted by atomic mass is 9.85. The monoisotopic (exact) mass is 1260 g/mol. The van der Waals surface area contributed by atoms with Crippen LogP contribution in [0.1, 0.15) is 100 Å². The molecule has 0 aromatic heterocycles. The fourth-order valence-electron chi connectivity index (χ4n) is 10.7. The van der Waals surface area contributed by atoms with Crippen molar-refractivity contribution in [1.29, 1.82) is 0 Å². The van der Waals surface area contributed by atoms with Gasteiger partial charge in [-0.25, -0.2) is 0 Å². The van der Waals surface area contributed by atoms with E-state index in [1.165, 1.54) is 62.7 Å². The van der Waals surface area contributed by atoms with Crippen molar-refractivity contribution >= 4 is 92.5 Å². The number of nitrogens with zero attached hydrogens (tertiary/aromatic N) is 3. The number of aromatic hydroxyl groups is 2. The summed E-state index contributed by atoms with van der Waals surface area (Å²) in [6.45, 7) is 0.0518. The van der Waals surface area contributed by atoms with Crippen LogP contribution in [0.3, 0.4) is 0 Å². The van der Waals surface area contributed by atoms with E-state index in [0.29, 0.717) is 36.0 Å². The summed E-state index contributed by atoms with van der Waals surface area (Å²) in [5.41, 5.74) is 29.7. The number of amides is 11. The number of carbonyl (C=O) groups excluding carboxylic acids is 11. The molecular weight excluding hydrogens is 1180 g/mol. The fourth-order valence-corrected chi connectivity index (χ4v) is 14.1. The Labute approximate surface area is 517 Å². The molecule has 1 saturated carbocycles. The number of guanidine groups is 1. The summed E-state index contributed by atoms with van der Waals surface area (Å²) in [7, 11) is 3.97. The molecule has 2 aliphatic heterocycles. The van der Waals surface area contributed by atoms with Gasteiger partial charge in [0.1, 0.15) is 59.8 Å². The zero-order valence-corrected chi connectivity index (χ0v) is 50.6. The minimum atomic E-state index is -1.80. The zero-order valence-electron chi connectivity index (χ0n) is 49.0. The molecule has 476 valence electrons. The molecule has 27 nitrogen and oxygen atoms in total. The van der Waals surface area contributed by atoms with Crippen molar-refractivity contribution < 1.29 is 63.0 Å². The van der Waals surface area contributed by atoms with Gasteiger partial charge in [0.25, 0.3) is 0 Å². The van der Waals surface area contributed by atoms with E-state index in [4.69, 9.17) is 28.7 Å². The minimum absolute atomic E-state index is 0.00352. The molecule has 3 fully saturated rings. The molecule has 18 N–H and O–H groups in total. The molecule has 11 amide bonds. The maximum atomic E-state index is 15.2. The first kappa shape index (κ1) is 68.5. The number of primary amides is 3. The van der Waals surface area contributed by atoms with E-state index in [-0.39, 0.29) is 81.2 Å². The highest BCUT2D eigenvalue weighted by Gasteiger charge is 2.43. The number of benzene rings is 3. The van der Waals surface area contributed by atoms with Gasteiger partial charge in [-0.2, -0.15) is 0 Å². The third kappa shape index (κ3) is 20.8. The highest BCUT2D eigenvalue weighted by Crippen LogP contribution is 2.49. The molecule has 1 aliphatic carbocycles. The predicted octanol–water partition coefficient (Wildman–Crippen LogP) is -0.980. The van der Waals surface area contributed by atoms with Crippen LogP contribution in [-0.4, -0.2) is 170 Å². The van der Waals surface area contributed by atoms with Gasteiger partial charge in [0, 0.05) is 62.7 Å². The van der Waals surface area contributed by atoms with Crippen LogP contribution in [0.2, 0.25) is 0 Å². The van der Waals surface area contributed by atoms with Gasteiger partial charge >= 0.3 is 0 Å². The summed E-state index contributed by atoms with van der Waals surface area (Å²) in [6, 6.07) is 9.15. The largest absolute Gasteiger partial charge is 0.508 e. The number of phenolic OH excluding ortho intramolecular Hbond substituents is 2. The fraction of sp³-hybridized carbons (Fsp3) is 0.492. The van der Waals surface area contributed by atoms with Crippen LogP contribution in [0.4, 0.5) is 0 Å². The van der Waals surface area contributed by atoms with Crippen molar-refractivity contribution in [2.24, 2.45) is 33.7 Å². The number of phenols is 2. The SMILES string of the molecule is CN1C(=O)CC2(CCCCC2)SSC[C@H](C(=O)N2CCC[C@H]2C(=O)N[C@@H](CCCN=C(N)N)C(=O)N[C@@H](Cc2ccc(O)cc2)C(N)=O)NC(=O)[C@@H](CC(N)=O)NC(=O)[C@H](CCC(N)=O)NC(=O)[C@@H](Cc2ccccc2)NC(=O)[C@@H]1Cc1ccc(O)cc1. The average Bonchev–Trinajstić information content (AvgIpc) is 2.36. The van der Waals surface area contributed by atoms with Crippen LogP contribution >= 0.6 is 21.6 Å². The number of carbonyl (C=O) groups is 11. The summed E-state index contributed by atoms with van der Waals surface area (Å²) in [6.07, 6.45) is 1.88. The van der Waals surface area contributed by atoms with Crippen LogP contribution in [-0.2, 0) is 72.0 Å². The molecule has 0 bridgehead atoms. The number of nitrogens with two attached hydrogens (primary N) is 5. The molecule has 3 aromatic rings. The Kier molecular flexibility index (Phi) is 25.6. The average molecular weight is 1260 g/mol. The lowest BCUT2D eigenvalue weighted by Gasteiger charge is -2.38. The van der Waals surface area contributed by atoms with Gasteiger partial charge in [0.2, 0.25) is 65.0 Å². The van der Waals surface area contributed by atoms with Crippen LogP contribution in [0, 0.1) is 0 Å². The number of nitrogens with one attached hydrogen (secondary N) is 6. The zero-order chi connectivity index (χ0) is 64.1. The number of likely N-dealkylation sites (N-methyl/N-ethyl adjacent to an activating group) is 1. The van der Waals surface area contributed by atoms with E-state index in [1.54, 1.807) is 54.6 Å². The Hall–Kier alpha value is -8.60. The third-order valence-electron chi connectivity index (χ3n) is 15.6. The van der Waals surface area contributed by atoms with Crippen molar-refractivity contribution in [3.8, 4) is 11.5 Å². The molecule has 1 spiro atoms. The Morgan fingerprint density at radius 2 is 1.30 bits per heavy atom. The molecule has 2 heterocycles. The first-order valence-corrected chi connectivity index (χ1v) is 31.4. The molecule has 6 rings (SSSR count). The highest BCUT2D eigenvalue weighted by molar-refractivity contribution is 8.77. The maximum Gasteiger partial charge on any atom is 0.246 e. The number of aliphatic imine (C=N–C) groups is 1. The second-order valence-corrected chi connectivity index (χ2v) is 25.1. The van der Waals surface area contributed by atoms with Gasteiger partial charge < -0.3 is 80.6 Å². The standard InChI is InChI=1S/C59H80N14O13S2/c1-72-46(30-36-16-20-38(75)21-17-36)56(85)70-42(29-34-10-4-2-5-11-34)53(82)66-40(22-23-47(60)76)52(81)69-43(31-48(61)77)54(83)71-44(33-87-88-59(32-49(72)78)24-6-3-7-25-59)57(86)73-27-9-13-45(73)55(84)67-39(12-8-26-65-58(63)64)51(80)68-41(50(62)79)28-35-14-18-37(74)19-15-35/h2,4-5,10-11,14-21,39-46,74-75H,3,6-9,12-13,22-33H2,1H3,(H2,60,76)(H2,61,77)(H2,62,79)(H,66,82)(H,67,84)(H,68,80)(H,69,81)(H,70,85)(H,71,83)(H4,63,64,65)/t39-,40-,41-,42+,43+,44+,45-,46-/m0/s1. The van der Waals surface area contributed by atoms with Crippen molar-refractivity contribution in [2.45, 2.75) is 156 Å². The lowest BCUT2D eigenvalue weighted by Crippen LogP contribution is -2.61. The molecule has 3 aromatic carbocycles. The summed E-state index contributed by atoms with van der Waals surface area (Å²) in [5.74, 6) is -9.84. The number of hydrogen-bond acceptors (Lipinski definition) is 16. The molecule has 8 atom stereocenters. The normalized spacial score (nSPS) is 22.1. The number of likely N-dealkylation sites (tertiary alicyclic amines) is 1. The Morgan fingerprint density at radius 3 is 1.92 bits per heavy atom. The van der Waals surface area contributed by atoms with Crippen molar-refractivity contribution in [3.63, 3.8) is 0 Å². The Bertz CT molecular complexity index is 3000. The molecule has 0 radical (unpaired) electrons. The molecule has 88 heavy (non-hydrogen) atoms. The smallest absolute Gasteiger partial charge is 0.246 e. The molecule has 2 saturated heterocycles. The van der Waals surface area contributed by atoms with Gasteiger partial charge in [0.05, 0.1) is 6.42 Å². The summed E-state index contributed by atoms with van der Waals surface area (Å²) in [5, 5.41) is 35.8. The second kappa shape index (κ2) is 32.9. The molecule has 0 unspecified atom stereocenters. The maximum absolute atomic E-state index is 15.2. The van der Waals surface area contributed by atoms with E-state index >= 15 is 4.79 Å². The molecular formula is C59H80N14O13S2. The van der Waals surface area contributed by atoms with E-state index in [0.717, 1.165) is 19.3 Å². The van der Waals surface area contributed by atoms with E-state index in [2.05, 4.69) is 36.9 Å².